The van der Waals surface area contributed by atoms with Crippen LogP contribution < -0.4 is 5.32 Å². The lowest BCUT2D eigenvalue weighted by Gasteiger charge is -2.24. The fourth-order valence-corrected chi connectivity index (χ4v) is 6.07. The van der Waals surface area contributed by atoms with Crippen molar-refractivity contribution in [2.45, 2.75) is 25.7 Å². The highest BCUT2D eigenvalue weighted by Crippen LogP contribution is 2.31. The summed E-state index contributed by atoms with van der Waals surface area (Å²) in [6.45, 7) is 0.265. The third kappa shape index (κ3) is 7.77. The first-order valence-corrected chi connectivity index (χ1v) is 16.2. The standard InChI is InChI=1S/C34H29ClF3N10OP/c35-29-16-21(6-8-25(29)22-4-2-1-3-5-22)19-47(33(49)34(36,37)38)14-11-24-20-48(46-44-24)15-13-41-32-27-10-12-40-18-28(27)26-9-7-23(17-30(26)42-32)31(43-39)45-50/h1-10,12,16-18,20,39H,11,13-15,19,50H2,(H,41,42)/b43-39?,45-31-. The largest absolute Gasteiger partial charge is 0.471 e. The number of amides is 1. The highest BCUT2D eigenvalue weighted by Gasteiger charge is 2.42. The predicted molar refractivity (Wildman–Crippen MR) is 189 cm³/mol. The molecule has 0 saturated heterocycles. The molecule has 3 aromatic carbocycles. The molecule has 0 aliphatic carbocycles. The molecular formula is C34H29ClF3N10OP. The summed E-state index contributed by atoms with van der Waals surface area (Å²) in [5.41, 5.74) is 11.2. The minimum Gasteiger partial charge on any atom is -0.368 e. The highest BCUT2D eigenvalue weighted by atomic mass is 35.5. The number of carbonyl (C=O) groups excluding carboxylic acids is 1. The third-order valence-corrected chi connectivity index (χ3v) is 8.52. The summed E-state index contributed by atoms with van der Waals surface area (Å²) in [5, 5.41) is 18.0. The molecule has 16 heteroatoms. The number of hydrogen-bond acceptors (Lipinski definition) is 8. The van der Waals surface area contributed by atoms with Crippen molar-refractivity contribution in [3.63, 3.8) is 0 Å². The Morgan fingerprint density at radius 3 is 2.60 bits per heavy atom. The number of pyridine rings is 2. The normalized spacial score (nSPS) is 12.0. The van der Waals surface area contributed by atoms with Gasteiger partial charge in [0.05, 0.1) is 17.8 Å². The minimum atomic E-state index is -5.04. The van der Waals surface area contributed by atoms with Crippen LogP contribution in [0.3, 0.4) is 0 Å². The monoisotopic (exact) mass is 716 g/mol. The summed E-state index contributed by atoms with van der Waals surface area (Å²) in [6, 6.07) is 21.7. The van der Waals surface area contributed by atoms with Gasteiger partial charge in [0.1, 0.15) is 5.82 Å². The van der Waals surface area contributed by atoms with Crippen LogP contribution in [0.25, 0.3) is 32.8 Å². The van der Waals surface area contributed by atoms with E-state index in [9.17, 15) is 18.0 Å². The van der Waals surface area contributed by atoms with Gasteiger partial charge in [-0.2, -0.15) is 13.2 Å². The SMILES string of the molecule is N=N/C(=N\P)c1ccc2c(c1)nc(NCCn1cc(CCN(Cc3ccc(-c4ccccc4)c(Cl)c3)C(=O)C(F)(F)F)nn1)c1ccncc12. The first-order valence-electron chi connectivity index (χ1n) is 15.3. The Kier molecular flexibility index (Phi) is 10.4. The number of halogens is 4. The summed E-state index contributed by atoms with van der Waals surface area (Å²) >= 11 is 6.48. The van der Waals surface area contributed by atoms with Crippen molar-refractivity contribution in [2.75, 3.05) is 18.4 Å². The zero-order valence-electron chi connectivity index (χ0n) is 26.3. The molecule has 0 bridgehead atoms. The van der Waals surface area contributed by atoms with Gasteiger partial charge in [-0.1, -0.05) is 71.4 Å². The Hall–Kier alpha value is -5.33. The predicted octanol–water partition coefficient (Wildman–Crippen LogP) is 7.51. The van der Waals surface area contributed by atoms with E-state index < -0.39 is 12.1 Å². The molecule has 1 unspecified atom stereocenters. The Balaban J connectivity index is 1.12. The molecule has 0 aliphatic rings. The molecule has 0 fully saturated rings. The number of fused-ring (bicyclic) bond motifs is 3. The zero-order valence-corrected chi connectivity index (χ0v) is 28.2. The summed E-state index contributed by atoms with van der Waals surface area (Å²) in [7, 11) is 2.20. The van der Waals surface area contributed by atoms with Crippen LogP contribution in [0.1, 0.15) is 16.8 Å². The van der Waals surface area contributed by atoms with Gasteiger partial charge in [0.25, 0.3) is 0 Å². The van der Waals surface area contributed by atoms with Gasteiger partial charge in [0.2, 0.25) is 0 Å². The van der Waals surface area contributed by atoms with Crippen molar-refractivity contribution in [1.29, 1.82) is 5.53 Å². The quantitative estimate of drug-likeness (QED) is 0.0468. The van der Waals surface area contributed by atoms with Gasteiger partial charge < -0.3 is 10.2 Å². The topological polar surface area (TPSA) is 137 Å². The van der Waals surface area contributed by atoms with Gasteiger partial charge in [-0.25, -0.2) is 15.3 Å². The summed E-state index contributed by atoms with van der Waals surface area (Å²) < 4.78 is 46.2. The summed E-state index contributed by atoms with van der Waals surface area (Å²) in [6.07, 6.45) is 0.0907. The highest BCUT2D eigenvalue weighted by molar-refractivity contribution is 7.15. The second-order valence-corrected chi connectivity index (χ2v) is 11.9. The van der Waals surface area contributed by atoms with E-state index in [0.717, 1.165) is 32.2 Å². The average molecular weight is 717 g/mol. The molecule has 6 rings (SSSR count). The van der Waals surface area contributed by atoms with Crippen molar-refractivity contribution < 1.29 is 18.0 Å². The number of hydrogen-bond donors (Lipinski definition) is 2. The van der Waals surface area contributed by atoms with Gasteiger partial charge >= 0.3 is 12.1 Å². The first-order chi connectivity index (χ1) is 24.1. The number of amidine groups is 1. The molecule has 3 heterocycles. The molecule has 11 nitrogen and oxygen atoms in total. The van der Waals surface area contributed by atoms with Crippen LogP contribution in [0.4, 0.5) is 19.0 Å². The molecule has 1 amide bonds. The van der Waals surface area contributed by atoms with Gasteiger partial charge in [-0.15, -0.1) is 10.2 Å². The number of nitrogens with zero attached hydrogens (tertiary/aromatic N) is 8. The van der Waals surface area contributed by atoms with E-state index in [1.165, 1.54) is 0 Å². The number of carbonyl (C=O) groups is 1. The van der Waals surface area contributed by atoms with E-state index in [4.69, 9.17) is 22.1 Å². The fourth-order valence-electron chi connectivity index (χ4n) is 5.55. The minimum absolute atomic E-state index is 0.0590. The van der Waals surface area contributed by atoms with Gasteiger partial charge in [-0.3, -0.25) is 14.5 Å². The Morgan fingerprint density at radius 2 is 1.86 bits per heavy atom. The molecule has 0 saturated carbocycles. The Labute approximate surface area is 291 Å². The molecule has 254 valence electrons. The van der Waals surface area contributed by atoms with E-state index in [0.29, 0.717) is 46.3 Å². The molecule has 1 atom stereocenters. The number of rotatable bonds is 11. The lowest BCUT2D eigenvalue weighted by atomic mass is 10.0. The fraction of sp³-hybridized carbons (Fsp3) is 0.176. The van der Waals surface area contributed by atoms with E-state index in [2.05, 4.69) is 39.9 Å². The van der Waals surface area contributed by atoms with E-state index in [1.54, 1.807) is 47.5 Å². The van der Waals surface area contributed by atoms with E-state index in [-0.39, 0.29) is 25.3 Å². The molecule has 0 radical (unpaired) electrons. The van der Waals surface area contributed by atoms with Crippen molar-refractivity contribution in [2.24, 2.45) is 9.88 Å². The van der Waals surface area contributed by atoms with Crippen molar-refractivity contribution in [3.05, 3.63) is 113 Å². The average Bonchev–Trinajstić information content (AvgIpc) is 3.57. The second-order valence-electron chi connectivity index (χ2n) is 11.2. The lowest BCUT2D eigenvalue weighted by molar-refractivity contribution is -0.186. The van der Waals surface area contributed by atoms with Gasteiger partial charge in [0.15, 0.2) is 5.84 Å². The smallest absolute Gasteiger partial charge is 0.368 e. The van der Waals surface area contributed by atoms with Crippen molar-refractivity contribution in [3.8, 4) is 11.1 Å². The Bertz CT molecular complexity index is 2210. The zero-order chi connectivity index (χ0) is 35.3. The summed E-state index contributed by atoms with van der Waals surface area (Å²) in [5.74, 6) is -1.09. The summed E-state index contributed by atoms with van der Waals surface area (Å²) in [4.78, 5) is 22.2. The second kappa shape index (κ2) is 15.1. The van der Waals surface area contributed by atoms with Crippen LogP contribution in [-0.2, 0) is 24.3 Å². The van der Waals surface area contributed by atoms with E-state index in [1.807, 2.05) is 48.5 Å². The van der Waals surface area contributed by atoms with Crippen LogP contribution in [0, 0.1) is 5.53 Å². The molecule has 0 aliphatic heterocycles. The third-order valence-electron chi connectivity index (χ3n) is 7.96. The maximum atomic E-state index is 13.6. The molecule has 0 spiro atoms. The van der Waals surface area contributed by atoms with Gasteiger partial charge in [-0.05, 0) is 38.7 Å². The van der Waals surface area contributed by atoms with Crippen molar-refractivity contribution >= 4 is 60.2 Å². The van der Waals surface area contributed by atoms with Crippen LogP contribution in [-0.4, -0.2) is 60.9 Å². The maximum absolute atomic E-state index is 13.6. The van der Waals surface area contributed by atoms with Crippen LogP contribution >= 0.6 is 21.0 Å². The first kappa shape index (κ1) is 34.5. The lowest BCUT2D eigenvalue weighted by Crippen LogP contribution is -2.41. The van der Waals surface area contributed by atoms with Crippen LogP contribution in [0.2, 0.25) is 5.02 Å². The van der Waals surface area contributed by atoms with Crippen LogP contribution in [0.5, 0.6) is 0 Å². The Morgan fingerprint density at radius 1 is 1.04 bits per heavy atom. The number of benzene rings is 3. The number of aromatic nitrogens is 5. The number of nitrogens with one attached hydrogen (secondary N) is 2. The number of alkyl halides is 3. The molecule has 6 aromatic rings. The van der Waals surface area contributed by atoms with Gasteiger partial charge in [0, 0.05) is 77.0 Å². The molecule has 2 N–H and O–H groups in total. The van der Waals surface area contributed by atoms with Crippen molar-refractivity contribution in [1.82, 2.24) is 29.9 Å². The molecule has 50 heavy (non-hydrogen) atoms. The molecule has 3 aromatic heterocycles. The van der Waals surface area contributed by atoms with E-state index >= 15 is 0 Å². The van der Waals surface area contributed by atoms with Crippen LogP contribution in [0.15, 0.2) is 101 Å². The maximum Gasteiger partial charge on any atom is 0.471 e. The molecular weight excluding hydrogens is 688 g/mol. The number of anilines is 1.